The predicted octanol–water partition coefficient (Wildman–Crippen LogP) is 0.720. The molecule has 0 aliphatic rings. The summed E-state index contributed by atoms with van der Waals surface area (Å²) in [6.45, 7) is 2.29. The molecule has 0 aliphatic carbocycles. The number of hydrogen-bond acceptors (Lipinski definition) is 5. The second-order valence-electron chi connectivity index (χ2n) is 3.50. The molecule has 1 rings (SSSR count). The van der Waals surface area contributed by atoms with E-state index in [0.29, 0.717) is 17.1 Å². The number of nitrogens with zero attached hydrogens (tertiary/aromatic N) is 2. The van der Waals surface area contributed by atoms with Crippen LogP contribution in [-0.2, 0) is 11.4 Å². The second-order valence-corrected chi connectivity index (χ2v) is 4.58. The van der Waals surface area contributed by atoms with Crippen LogP contribution in [0.2, 0.25) is 0 Å². The Labute approximate surface area is 92.9 Å². The van der Waals surface area contributed by atoms with Gasteiger partial charge in [-0.2, -0.15) is 0 Å². The maximum atomic E-state index is 10.8. The molecule has 1 aromatic rings. The van der Waals surface area contributed by atoms with E-state index in [0.717, 1.165) is 10.6 Å². The molecule has 1 heterocycles. The normalized spacial score (nSPS) is 10.5. The van der Waals surface area contributed by atoms with Crippen LogP contribution < -0.4 is 0 Å². The molecule has 1 aromatic heterocycles. The lowest BCUT2D eigenvalue weighted by molar-refractivity contribution is 0.281. The van der Waals surface area contributed by atoms with Crippen LogP contribution in [0.15, 0.2) is 0 Å². The van der Waals surface area contributed by atoms with Crippen molar-refractivity contribution in [2.45, 2.75) is 13.5 Å². The molecule has 0 aromatic carbocycles. The van der Waals surface area contributed by atoms with E-state index in [9.17, 15) is 4.79 Å². The number of hydrogen-bond donors (Lipinski definition) is 1. The first kappa shape index (κ1) is 12.1. The highest BCUT2D eigenvalue weighted by molar-refractivity contribution is 7.13. The number of aromatic nitrogens is 1. The highest BCUT2D eigenvalue weighted by Crippen LogP contribution is 2.24. The molecule has 0 fully saturated rings. The fourth-order valence-electron chi connectivity index (χ4n) is 1.27. The lowest BCUT2D eigenvalue weighted by Gasteiger charge is -2.08. The molecule has 5 heteroatoms. The molecule has 0 saturated heterocycles. The smallest absolute Gasteiger partial charge is 0.130 e. The number of rotatable bonds is 4. The Kier molecular flexibility index (Phi) is 4.17. The van der Waals surface area contributed by atoms with Crippen molar-refractivity contribution in [1.82, 2.24) is 9.88 Å². The summed E-state index contributed by atoms with van der Waals surface area (Å²) < 4.78 is 0. The van der Waals surface area contributed by atoms with Gasteiger partial charge >= 0.3 is 0 Å². The largest absolute Gasteiger partial charge is 0.389 e. The molecule has 1 N–H and O–H groups in total. The molecule has 15 heavy (non-hydrogen) atoms. The molecule has 0 aliphatic heterocycles. The van der Waals surface area contributed by atoms with E-state index in [2.05, 4.69) is 4.98 Å². The van der Waals surface area contributed by atoms with Gasteiger partial charge in [-0.25, -0.2) is 9.78 Å². The zero-order valence-corrected chi connectivity index (χ0v) is 9.89. The Morgan fingerprint density at radius 1 is 1.60 bits per heavy atom. The lowest BCUT2D eigenvalue weighted by Crippen LogP contribution is -2.14. The average Bonchev–Trinajstić information content (AvgIpc) is 2.56. The van der Waals surface area contributed by atoms with Gasteiger partial charge in [-0.1, -0.05) is 0 Å². The molecule has 0 radical (unpaired) electrons. The first-order chi connectivity index (χ1) is 7.08. The van der Waals surface area contributed by atoms with Crippen molar-refractivity contribution in [1.29, 1.82) is 0 Å². The third-order valence-corrected chi connectivity index (χ3v) is 3.05. The number of thiazole rings is 1. The van der Waals surface area contributed by atoms with Gasteiger partial charge in [0.05, 0.1) is 22.8 Å². The molecule has 82 valence electrons. The summed E-state index contributed by atoms with van der Waals surface area (Å²) in [5.74, 6) is 1.94. The first-order valence-electron chi connectivity index (χ1n) is 4.54. The molecule has 0 saturated carbocycles. The van der Waals surface area contributed by atoms with Crippen molar-refractivity contribution >= 4 is 22.9 Å². The van der Waals surface area contributed by atoms with Crippen LogP contribution in [0, 0.1) is 6.92 Å². The van der Waals surface area contributed by atoms with Crippen LogP contribution in [0.4, 0.5) is 0 Å². The molecular weight excluding hydrogens is 212 g/mol. The van der Waals surface area contributed by atoms with Crippen LogP contribution >= 0.6 is 11.3 Å². The molecule has 0 spiro atoms. The molecule has 0 amide bonds. The van der Waals surface area contributed by atoms with Gasteiger partial charge in [0.25, 0.3) is 0 Å². The highest BCUT2D eigenvalue weighted by Gasteiger charge is 2.13. The zero-order chi connectivity index (χ0) is 11.4. The van der Waals surface area contributed by atoms with Gasteiger partial charge in [0.15, 0.2) is 0 Å². The second kappa shape index (κ2) is 5.19. The van der Waals surface area contributed by atoms with E-state index in [-0.39, 0.29) is 6.61 Å². The van der Waals surface area contributed by atoms with Crippen LogP contribution in [0.1, 0.15) is 15.6 Å². The Bertz CT molecular complexity index is 392. The summed E-state index contributed by atoms with van der Waals surface area (Å²) in [6, 6.07) is 0. The standard InChI is InChI=1S/C10H14N2O2S/c1-7-10(15-9(6-14)11-7)8(5-13)4-12(2)3/h14H,4,6H2,1-3H3. The first-order valence-corrected chi connectivity index (χ1v) is 5.36. The predicted molar refractivity (Wildman–Crippen MR) is 60.4 cm³/mol. The fourth-order valence-corrected chi connectivity index (χ4v) is 2.17. The topological polar surface area (TPSA) is 53.4 Å². The number of likely N-dealkylation sites (N-methyl/N-ethyl adjacent to an activating group) is 1. The van der Waals surface area contributed by atoms with E-state index in [1.807, 2.05) is 31.9 Å². The van der Waals surface area contributed by atoms with Crippen molar-refractivity contribution in [2.24, 2.45) is 0 Å². The third kappa shape index (κ3) is 2.97. The number of aryl methyl sites for hydroxylation is 1. The number of carbonyl (C=O) groups excluding carboxylic acids is 1. The molecule has 0 unspecified atom stereocenters. The van der Waals surface area contributed by atoms with Crippen molar-refractivity contribution in [3.05, 3.63) is 15.6 Å². The average molecular weight is 226 g/mol. The molecule has 0 atom stereocenters. The van der Waals surface area contributed by atoms with Gasteiger partial charge in [0.1, 0.15) is 10.9 Å². The van der Waals surface area contributed by atoms with Gasteiger partial charge < -0.3 is 10.0 Å². The van der Waals surface area contributed by atoms with Crippen molar-refractivity contribution in [3.8, 4) is 0 Å². The molecule has 0 bridgehead atoms. The summed E-state index contributed by atoms with van der Waals surface area (Å²) in [7, 11) is 3.78. The van der Waals surface area contributed by atoms with Gasteiger partial charge in [-0.05, 0) is 21.0 Å². The minimum Gasteiger partial charge on any atom is -0.389 e. The van der Waals surface area contributed by atoms with Crippen molar-refractivity contribution in [3.63, 3.8) is 0 Å². The summed E-state index contributed by atoms with van der Waals surface area (Å²) >= 11 is 1.35. The number of aliphatic hydroxyl groups excluding tert-OH is 1. The monoisotopic (exact) mass is 226 g/mol. The van der Waals surface area contributed by atoms with Crippen LogP contribution in [-0.4, -0.2) is 41.6 Å². The minimum absolute atomic E-state index is 0.0837. The van der Waals surface area contributed by atoms with Crippen LogP contribution in [0.5, 0.6) is 0 Å². The Hall–Kier alpha value is -1.00. The van der Waals surface area contributed by atoms with Crippen LogP contribution in [0.3, 0.4) is 0 Å². The van der Waals surface area contributed by atoms with E-state index in [1.165, 1.54) is 11.3 Å². The molecule has 4 nitrogen and oxygen atoms in total. The van der Waals surface area contributed by atoms with Gasteiger partial charge in [0, 0.05) is 6.54 Å². The van der Waals surface area contributed by atoms with Crippen molar-refractivity contribution in [2.75, 3.05) is 20.6 Å². The summed E-state index contributed by atoms with van der Waals surface area (Å²) in [4.78, 5) is 17.7. The highest BCUT2D eigenvalue weighted by atomic mass is 32.1. The van der Waals surface area contributed by atoms with E-state index in [4.69, 9.17) is 5.11 Å². The maximum absolute atomic E-state index is 10.8. The summed E-state index contributed by atoms with van der Waals surface area (Å²) in [5, 5.41) is 9.57. The maximum Gasteiger partial charge on any atom is 0.130 e. The minimum atomic E-state index is -0.0837. The lowest BCUT2D eigenvalue weighted by atomic mass is 10.2. The van der Waals surface area contributed by atoms with E-state index < -0.39 is 0 Å². The SMILES string of the molecule is Cc1nc(CO)sc1C(=C=O)CN(C)C. The Morgan fingerprint density at radius 2 is 2.27 bits per heavy atom. The van der Waals surface area contributed by atoms with Crippen molar-refractivity contribution < 1.29 is 9.90 Å². The summed E-state index contributed by atoms with van der Waals surface area (Å²) in [5.41, 5.74) is 1.37. The zero-order valence-electron chi connectivity index (χ0n) is 9.07. The quantitative estimate of drug-likeness (QED) is 0.769. The summed E-state index contributed by atoms with van der Waals surface area (Å²) in [6.07, 6.45) is 0. The van der Waals surface area contributed by atoms with Gasteiger partial charge in [-0.15, -0.1) is 11.3 Å². The Balaban J connectivity index is 3.02. The number of aliphatic hydroxyl groups is 1. The Morgan fingerprint density at radius 3 is 2.67 bits per heavy atom. The van der Waals surface area contributed by atoms with Crippen LogP contribution in [0.25, 0.3) is 5.57 Å². The van der Waals surface area contributed by atoms with E-state index in [1.54, 1.807) is 0 Å². The third-order valence-electron chi connectivity index (χ3n) is 1.85. The van der Waals surface area contributed by atoms with Gasteiger partial charge in [0.2, 0.25) is 0 Å². The van der Waals surface area contributed by atoms with E-state index >= 15 is 0 Å². The fraction of sp³-hybridized carbons (Fsp3) is 0.500. The molecular formula is C10H14N2O2S. The van der Waals surface area contributed by atoms with Gasteiger partial charge in [-0.3, -0.25) is 0 Å².